The molecule has 9 nitrogen and oxygen atoms in total. The number of fused-ring (bicyclic) bond motifs is 1. The minimum absolute atomic E-state index is 0.0647. The van der Waals surface area contributed by atoms with Crippen LogP contribution in [0.5, 0.6) is 0 Å². The molecule has 0 aliphatic carbocycles. The maximum Gasteiger partial charge on any atom is 0.224 e. The second kappa shape index (κ2) is 4.85. The van der Waals surface area contributed by atoms with Gasteiger partial charge in [-0.3, -0.25) is 0 Å². The molecule has 108 valence electrons. The molecule has 1 saturated heterocycles. The number of aliphatic hydroxyl groups excluding tert-OH is 2. The number of ether oxygens (including phenoxy) is 1. The first kappa shape index (κ1) is 13.0. The van der Waals surface area contributed by atoms with Crippen LogP contribution in [-0.2, 0) is 4.74 Å². The van der Waals surface area contributed by atoms with Crippen LogP contribution in [0.1, 0.15) is 6.04 Å². The third-order valence-corrected chi connectivity index (χ3v) is 3.67. The maximum absolute atomic E-state index is 9.51. The minimum atomic E-state index is -0.404. The van der Waals surface area contributed by atoms with Crippen LogP contribution >= 0.6 is 0 Å². The van der Waals surface area contributed by atoms with E-state index in [9.17, 15) is 10.2 Å². The van der Waals surface area contributed by atoms with Crippen LogP contribution < -0.4 is 11.5 Å². The molecule has 0 bridgehead atoms. The zero-order valence-electron chi connectivity index (χ0n) is 10.7. The predicted molar refractivity (Wildman–Crippen MR) is 70.6 cm³/mol. The van der Waals surface area contributed by atoms with Crippen molar-refractivity contribution in [2.45, 2.75) is 12.1 Å². The Balaban J connectivity index is 2.06. The van der Waals surface area contributed by atoms with Gasteiger partial charge in [-0.05, 0) is 0 Å². The molecule has 3 atom stereocenters. The van der Waals surface area contributed by atoms with E-state index in [1.165, 1.54) is 0 Å². The normalized spacial score (nSPS) is 26.4. The van der Waals surface area contributed by atoms with Gasteiger partial charge in [-0.25, -0.2) is 4.98 Å². The number of nitrogen functional groups attached to an aromatic ring is 2. The first-order valence-electron chi connectivity index (χ1n) is 6.24. The van der Waals surface area contributed by atoms with E-state index in [1.807, 2.05) is 0 Å². The fourth-order valence-electron chi connectivity index (χ4n) is 2.63. The van der Waals surface area contributed by atoms with E-state index in [4.69, 9.17) is 16.2 Å². The Labute approximate surface area is 114 Å². The summed E-state index contributed by atoms with van der Waals surface area (Å²) in [7, 11) is 0. The molecule has 3 heterocycles. The molecule has 0 spiro atoms. The number of hydrogen-bond donors (Lipinski definition) is 4. The number of anilines is 2. The lowest BCUT2D eigenvalue weighted by atomic mass is 9.98. The van der Waals surface area contributed by atoms with Crippen molar-refractivity contribution >= 4 is 22.9 Å². The van der Waals surface area contributed by atoms with Gasteiger partial charge in [0, 0.05) is 5.92 Å². The highest BCUT2D eigenvalue weighted by molar-refractivity contribution is 5.82. The Kier molecular flexibility index (Phi) is 3.16. The van der Waals surface area contributed by atoms with Gasteiger partial charge in [0.2, 0.25) is 5.95 Å². The van der Waals surface area contributed by atoms with Gasteiger partial charge in [-0.2, -0.15) is 9.97 Å². The van der Waals surface area contributed by atoms with Gasteiger partial charge in [0.15, 0.2) is 11.5 Å². The average Bonchev–Trinajstić information content (AvgIpc) is 3.00. The van der Waals surface area contributed by atoms with Crippen LogP contribution in [0.15, 0.2) is 6.33 Å². The summed E-state index contributed by atoms with van der Waals surface area (Å²) in [6.45, 7) is 0.102. The Hall–Kier alpha value is -1.97. The molecule has 0 aromatic carbocycles. The SMILES string of the molecule is Nc1nc(N)c2ncn([C@@H]3CO[C@H](CO)[C@H]3CO)c2n1. The molecule has 2 aromatic rings. The van der Waals surface area contributed by atoms with Crippen LogP contribution in [0.25, 0.3) is 11.2 Å². The van der Waals surface area contributed by atoms with Crippen molar-refractivity contribution in [3.8, 4) is 0 Å². The third-order valence-electron chi connectivity index (χ3n) is 3.67. The summed E-state index contributed by atoms with van der Waals surface area (Å²) >= 11 is 0. The second-order valence-corrected chi connectivity index (χ2v) is 4.76. The molecule has 3 rings (SSSR count). The summed E-state index contributed by atoms with van der Waals surface area (Å²) < 4.78 is 7.25. The van der Waals surface area contributed by atoms with Gasteiger partial charge in [0.05, 0.1) is 38.3 Å². The Morgan fingerprint density at radius 3 is 2.80 bits per heavy atom. The summed E-state index contributed by atoms with van der Waals surface area (Å²) in [5, 5.41) is 18.8. The summed E-state index contributed by atoms with van der Waals surface area (Å²) in [6.07, 6.45) is 1.17. The maximum atomic E-state index is 9.51. The molecule has 2 aromatic heterocycles. The Morgan fingerprint density at radius 2 is 2.10 bits per heavy atom. The first-order valence-corrected chi connectivity index (χ1v) is 6.24. The molecule has 0 amide bonds. The Morgan fingerprint density at radius 1 is 1.30 bits per heavy atom. The molecule has 1 aliphatic heterocycles. The summed E-state index contributed by atoms with van der Waals surface area (Å²) in [5.41, 5.74) is 12.3. The standard InChI is InChI=1S/C11H16N6O3/c12-9-8-10(16-11(13)15-9)17(4-14-8)6-3-20-7(2-19)5(6)1-18/h4-7,18-19H,1-3H2,(H4,12,13,15,16)/t5-,6+,7+/m0/s1. The van der Waals surface area contributed by atoms with E-state index in [0.29, 0.717) is 17.8 Å². The molecule has 1 fully saturated rings. The largest absolute Gasteiger partial charge is 0.396 e. The van der Waals surface area contributed by atoms with Crippen molar-refractivity contribution in [3.05, 3.63) is 6.33 Å². The van der Waals surface area contributed by atoms with Crippen LogP contribution in [0.2, 0.25) is 0 Å². The van der Waals surface area contributed by atoms with Crippen molar-refractivity contribution in [1.29, 1.82) is 0 Å². The molecule has 0 saturated carbocycles. The zero-order chi connectivity index (χ0) is 14.3. The number of nitrogens with two attached hydrogens (primary N) is 2. The monoisotopic (exact) mass is 280 g/mol. The molecule has 1 aliphatic rings. The number of aromatic nitrogens is 4. The van der Waals surface area contributed by atoms with Crippen molar-refractivity contribution in [2.24, 2.45) is 5.92 Å². The van der Waals surface area contributed by atoms with Gasteiger partial charge in [0.1, 0.15) is 5.52 Å². The number of hydrogen-bond acceptors (Lipinski definition) is 8. The number of nitrogens with zero attached hydrogens (tertiary/aromatic N) is 4. The molecule has 9 heteroatoms. The lowest BCUT2D eigenvalue weighted by molar-refractivity contribution is 0.0268. The van der Waals surface area contributed by atoms with Crippen LogP contribution in [0.4, 0.5) is 11.8 Å². The predicted octanol–water partition coefficient (Wildman–Crippen LogP) is -1.47. The fraction of sp³-hybridized carbons (Fsp3) is 0.545. The van der Waals surface area contributed by atoms with Gasteiger partial charge < -0.3 is 31.0 Å². The van der Waals surface area contributed by atoms with E-state index in [2.05, 4.69) is 15.0 Å². The number of aliphatic hydroxyl groups is 2. The Bertz CT molecular complexity index is 630. The van der Waals surface area contributed by atoms with Crippen molar-refractivity contribution in [3.63, 3.8) is 0 Å². The molecule has 0 unspecified atom stereocenters. The van der Waals surface area contributed by atoms with Crippen LogP contribution in [0, 0.1) is 5.92 Å². The van der Waals surface area contributed by atoms with Crippen molar-refractivity contribution in [1.82, 2.24) is 19.5 Å². The third kappa shape index (κ3) is 1.87. The fourth-order valence-corrected chi connectivity index (χ4v) is 2.63. The summed E-state index contributed by atoms with van der Waals surface area (Å²) in [6, 6.07) is -0.184. The van der Waals surface area contributed by atoms with Crippen LogP contribution in [-0.4, -0.2) is 55.7 Å². The highest BCUT2D eigenvalue weighted by atomic mass is 16.5. The van der Waals surface area contributed by atoms with E-state index in [0.717, 1.165) is 0 Å². The van der Waals surface area contributed by atoms with Crippen molar-refractivity contribution in [2.75, 3.05) is 31.3 Å². The van der Waals surface area contributed by atoms with Gasteiger partial charge in [-0.15, -0.1) is 0 Å². The quantitative estimate of drug-likeness (QED) is 0.533. The smallest absolute Gasteiger partial charge is 0.224 e. The lowest BCUT2D eigenvalue weighted by Crippen LogP contribution is -2.28. The number of rotatable bonds is 3. The molecule has 20 heavy (non-hydrogen) atoms. The van der Waals surface area contributed by atoms with E-state index in [-0.39, 0.29) is 36.9 Å². The van der Waals surface area contributed by atoms with Crippen LogP contribution in [0.3, 0.4) is 0 Å². The van der Waals surface area contributed by atoms with Crippen molar-refractivity contribution < 1.29 is 14.9 Å². The van der Waals surface area contributed by atoms with E-state index >= 15 is 0 Å². The molecular formula is C11H16N6O3. The average molecular weight is 280 g/mol. The second-order valence-electron chi connectivity index (χ2n) is 4.76. The number of imidazole rings is 1. The van der Waals surface area contributed by atoms with E-state index < -0.39 is 6.10 Å². The first-order chi connectivity index (χ1) is 9.65. The molecule has 6 N–H and O–H groups in total. The molecular weight excluding hydrogens is 264 g/mol. The zero-order valence-corrected chi connectivity index (χ0v) is 10.7. The lowest BCUT2D eigenvalue weighted by Gasteiger charge is -2.20. The minimum Gasteiger partial charge on any atom is -0.396 e. The topological polar surface area (TPSA) is 145 Å². The molecule has 0 radical (unpaired) electrons. The van der Waals surface area contributed by atoms with Gasteiger partial charge >= 0.3 is 0 Å². The van der Waals surface area contributed by atoms with Gasteiger partial charge in [-0.1, -0.05) is 0 Å². The summed E-state index contributed by atoms with van der Waals surface area (Å²) in [4.78, 5) is 12.2. The highest BCUT2D eigenvalue weighted by Crippen LogP contribution is 2.33. The van der Waals surface area contributed by atoms with E-state index in [1.54, 1.807) is 10.9 Å². The van der Waals surface area contributed by atoms with Gasteiger partial charge in [0.25, 0.3) is 0 Å². The summed E-state index contributed by atoms with van der Waals surface area (Å²) in [5.74, 6) is 0.0363. The highest BCUT2D eigenvalue weighted by Gasteiger charge is 2.38.